The predicted molar refractivity (Wildman–Crippen MR) is 111 cm³/mol. The minimum absolute atomic E-state index is 0.176. The lowest BCUT2D eigenvalue weighted by atomic mass is 9.64. The number of ether oxygens (including phenoxy) is 1. The first-order valence-corrected chi connectivity index (χ1v) is 10.7. The van der Waals surface area contributed by atoms with Gasteiger partial charge in [0.2, 0.25) is 0 Å². The highest BCUT2D eigenvalue weighted by Gasteiger charge is 2.35. The lowest BCUT2D eigenvalue weighted by Crippen LogP contribution is -2.29. The normalized spacial score (nSPS) is 27.9. The molecule has 0 bridgehead atoms. The Bertz CT molecular complexity index is 872. The lowest BCUT2D eigenvalue weighted by Gasteiger charge is -2.41. The Morgan fingerprint density at radius 2 is 1.82 bits per heavy atom. The fourth-order valence-electron chi connectivity index (χ4n) is 5.37. The first-order chi connectivity index (χ1) is 13.6. The molecule has 0 heterocycles. The molecule has 150 valence electrons. The summed E-state index contributed by atoms with van der Waals surface area (Å²) < 4.78 is 35.2. The molecule has 0 aliphatic heterocycles. The molecule has 2 aromatic carbocycles. The van der Waals surface area contributed by atoms with E-state index in [1.807, 2.05) is 31.2 Å². The quantitative estimate of drug-likeness (QED) is 0.499. The van der Waals surface area contributed by atoms with Crippen LogP contribution in [-0.4, -0.2) is 6.61 Å². The molecule has 0 saturated heterocycles. The highest BCUT2D eigenvalue weighted by atomic mass is 19.1. The Labute approximate surface area is 166 Å². The average Bonchev–Trinajstić information content (AvgIpc) is 2.69. The zero-order valence-corrected chi connectivity index (χ0v) is 16.9. The SMILES string of the molecule is C/C=C/COc1cc2ccc(C3CCC4CC(C)CCC4C3)c(F)c2cc1F. The number of hydrogen-bond acceptors (Lipinski definition) is 1. The van der Waals surface area contributed by atoms with Crippen LogP contribution in [0.25, 0.3) is 10.8 Å². The van der Waals surface area contributed by atoms with Gasteiger partial charge in [0.1, 0.15) is 12.4 Å². The summed E-state index contributed by atoms with van der Waals surface area (Å²) in [6.45, 7) is 4.55. The van der Waals surface area contributed by atoms with Crippen molar-refractivity contribution in [3.05, 3.63) is 53.6 Å². The van der Waals surface area contributed by atoms with Gasteiger partial charge in [0.15, 0.2) is 11.6 Å². The van der Waals surface area contributed by atoms with Gasteiger partial charge in [-0.05, 0) is 85.8 Å². The van der Waals surface area contributed by atoms with E-state index in [1.54, 1.807) is 6.07 Å². The van der Waals surface area contributed by atoms with E-state index in [1.165, 1.54) is 31.7 Å². The fraction of sp³-hybridized carbons (Fsp3) is 0.520. The van der Waals surface area contributed by atoms with Crippen molar-refractivity contribution in [3.63, 3.8) is 0 Å². The monoisotopic (exact) mass is 384 g/mol. The van der Waals surface area contributed by atoms with Crippen LogP contribution in [0.2, 0.25) is 0 Å². The van der Waals surface area contributed by atoms with Crippen molar-refractivity contribution in [2.45, 2.75) is 58.3 Å². The van der Waals surface area contributed by atoms with Gasteiger partial charge in [0, 0.05) is 5.39 Å². The first kappa shape index (κ1) is 19.4. The van der Waals surface area contributed by atoms with Gasteiger partial charge >= 0.3 is 0 Å². The Morgan fingerprint density at radius 3 is 2.64 bits per heavy atom. The van der Waals surface area contributed by atoms with Crippen LogP contribution in [0.5, 0.6) is 5.75 Å². The number of halogens is 2. The molecule has 3 heteroatoms. The molecule has 0 N–H and O–H groups in total. The van der Waals surface area contributed by atoms with Gasteiger partial charge in [0.05, 0.1) is 0 Å². The van der Waals surface area contributed by atoms with E-state index in [0.717, 1.165) is 36.2 Å². The van der Waals surface area contributed by atoms with Gasteiger partial charge in [-0.2, -0.15) is 0 Å². The van der Waals surface area contributed by atoms with E-state index in [-0.39, 0.29) is 17.5 Å². The third-order valence-corrected chi connectivity index (χ3v) is 6.92. The van der Waals surface area contributed by atoms with Gasteiger partial charge in [-0.15, -0.1) is 0 Å². The molecule has 0 amide bonds. The topological polar surface area (TPSA) is 9.23 Å². The summed E-state index contributed by atoms with van der Waals surface area (Å²) in [7, 11) is 0. The average molecular weight is 385 g/mol. The van der Waals surface area contributed by atoms with Crippen molar-refractivity contribution in [3.8, 4) is 5.75 Å². The maximum absolute atomic E-state index is 15.3. The number of benzene rings is 2. The molecule has 4 atom stereocenters. The van der Waals surface area contributed by atoms with Crippen LogP contribution in [0.3, 0.4) is 0 Å². The maximum Gasteiger partial charge on any atom is 0.165 e. The minimum Gasteiger partial charge on any atom is -0.486 e. The molecule has 2 aromatic rings. The second-order valence-corrected chi connectivity index (χ2v) is 8.80. The standard InChI is InChI=1S/C25H30F2O/c1-3-4-11-28-24-14-20-9-10-21(25(27)22(20)15-23(24)26)19-8-7-17-12-16(2)5-6-18(17)13-19/h3-4,9-10,14-19H,5-8,11-13H2,1-2H3/b4-3+. The van der Waals surface area contributed by atoms with Gasteiger partial charge in [-0.25, -0.2) is 8.78 Å². The van der Waals surface area contributed by atoms with E-state index < -0.39 is 5.82 Å². The van der Waals surface area contributed by atoms with Crippen molar-refractivity contribution in [2.75, 3.05) is 6.61 Å². The molecule has 0 spiro atoms. The van der Waals surface area contributed by atoms with Crippen LogP contribution < -0.4 is 4.74 Å². The highest BCUT2D eigenvalue weighted by molar-refractivity contribution is 5.85. The second kappa shape index (κ2) is 8.23. The van der Waals surface area contributed by atoms with Crippen LogP contribution >= 0.6 is 0 Å². The highest BCUT2D eigenvalue weighted by Crippen LogP contribution is 2.48. The van der Waals surface area contributed by atoms with Crippen LogP contribution in [0.4, 0.5) is 8.78 Å². The van der Waals surface area contributed by atoms with Crippen LogP contribution in [0.15, 0.2) is 36.4 Å². The first-order valence-electron chi connectivity index (χ1n) is 10.7. The molecule has 2 aliphatic carbocycles. The third kappa shape index (κ3) is 3.81. The lowest BCUT2D eigenvalue weighted by molar-refractivity contribution is 0.124. The Hall–Kier alpha value is -1.90. The summed E-state index contributed by atoms with van der Waals surface area (Å²) in [6, 6.07) is 6.75. The molecule has 2 fully saturated rings. The number of hydrogen-bond donors (Lipinski definition) is 0. The molecular formula is C25H30F2O. The Morgan fingerprint density at radius 1 is 1.04 bits per heavy atom. The van der Waals surface area contributed by atoms with E-state index in [2.05, 4.69) is 6.92 Å². The number of allylic oxidation sites excluding steroid dienone is 1. The molecular weight excluding hydrogens is 354 g/mol. The van der Waals surface area contributed by atoms with E-state index in [9.17, 15) is 4.39 Å². The molecule has 0 aromatic heterocycles. The van der Waals surface area contributed by atoms with Gasteiger partial charge < -0.3 is 4.74 Å². The van der Waals surface area contributed by atoms with Crippen molar-refractivity contribution in [1.29, 1.82) is 0 Å². The van der Waals surface area contributed by atoms with E-state index in [4.69, 9.17) is 4.74 Å². The molecule has 2 saturated carbocycles. The molecule has 4 rings (SSSR count). The fourth-order valence-corrected chi connectivity index (χ4v) is 5.37. The van der Waals surface area contributed by atoms with Crippen molar-refractivity contribution >= 4 is 10.8 Å². The van der Waals surface area contributed by atoms with Crippen molar-refractivity contribution in [2.24, 2.45) is 17.8 Å². The van der Waals surface area contributed by atoms with Gasteiger partial charge in [-0.1, -0.05) is 37.6 Å². The number of fused-ring (bicyclic) bond motifs is 2. The summed E-state index contributed by atoms with van der Waals surface area (Å²) in [5, 5.41) is 1.06. The summed E-state index contributed by atoms with van der Waals surface area (Å²) in [5.74, 6) is 2.06. The second-order valence-electron chi connectivity index (χ2n) is 8.80. The molecule has 4 unspecified atom stereocenters. The largest absolute Gasteiger partial charge is 0.486 e. The zero-order chi connectivity index (χ0) is 19.7. The molecule has 0 radical (unpaired) electrons. The number of rotatable bonds is 4. The zero-order valence-electron chi connectivity index (χ0n) is 16.9. The minimum atomic E-state index is -0.502. The van der Waals surface area contributed by atoms with Gasteiger partial charge in [0.25, 0.3) is 0 Å². The molecule has 1 nitrogen and oxygen atoms in total. The van der Waals surface area contributed by atoms with Crippen LogP contribution in [0, 0.1) is 29.4 Å². The predicted octanol–water partition coefficient (Wildman–Crippen LogP) is 7.39. The van der Waals surface area contributed by atoms with E-state index in [0.29, 0.717) is 17.4 Å². The summed E-state index contributed by atoms with van der Waals surface area (Å²) in [6.07, 6.45) is 10.9. The van der Waals surface area contributed by atoms with Gasteiger partial charge in [-0.3, -0.25) is 0 Å². The Balaban J connectivity index is 1.58. The summed E-state index contributed by atoms with van der Waals surface area (Å²) in [4.78, 5) is 0. The molecule has 28 heavy (non-hydrogen) atoms. The van der Waals surface area contributed by atoms with Crippen molar-refractivity contribution < 1.29 is 13.5 Å². The van der Waals surface area contributed by atoms with Crippen molar-refractivity contribution in [1.82, 2.24) is 0 Å². The third-order valence-electron chi connectivity index (χ3n) is 6.92. The summed E-state index contributed by atoms with van der Waals surface area (Å²) in [5.41, 5.74) is 0.770. The van der Waals surface area contributed by atoms with Crippen LogP contribution in [0.1, 0.15) is 63.9 Å². The van der Waals surface area contributed by atoms with E-state index >= 15 is 4.39 Å². The maximum atomic E-state index is 15.3. The Kier molecular flexibility index (Phi) is 5.70. The smallest absolute Gasteiger partial charge is 0.165 e. The summed E-state index contributed by atoms with van der Waals surface area (Å²) >= 11 is 0. The van der Waals surface area contributed by atoms with Crippen LogP contribution in [-0.2, 0) is 0 Å². The molecule has 2 aliphatic rings.